The van der Waals surface area contributed by atoms with Gasteiger partial charge in [0.1, 0.15) is 0 Å². The van der Waals surface area contributed by atoms with Crippen LogP contribution in [0.4, 0.5) is 5.69 Å². The van der Waals surface area contributed by atoms with E-state index < -0.39 is 0 Å². The van der Waals surface area contributed by atoms with Crippen LogP contribution in [0.5, 0.6) is 0 Å². The molecule has 0 fully saturated rings. The lowest BCUT2D eigenvalue weighted by Crippen LogP contribution is -2.21. The molecule has 2 rings (SSSR count). The third-order valence-corrected chi connectivity index (χ3v) is 3.95. The summed E-state index contributed by atoms with van der Waals surface area (Å²) >= 11 is 1.60. The van der Waals surface area contributed by atoms with Crippen LogP contribution < -0.4 is 5.32 Å². The number of carbonyl (C=O) groups excluding carboxylic acids is 2. The molecule has 0 aliphatic rings. The average Bonchev–Trinajstić information content (AvgIpc) is 2.99. The molecule has 1 N–H and O–H groups in total. The van der Waals surface area contributed by atoms with Gasteiger partial charge in [-0.1, -0.05) is 17.7 Å². The Kier molecular flexibility index (Phi) is 5.72. The molecular weight excluding hydrogens is 298 g/mol. The Hall–Kier alpha value is -2.14. The van der Waals surface area contributed by atoms with Crippen LogP contribution in [0.25, 0.3) is 0 Å². The number of benzene rings is 1. The Labute approximate surface area is 134 Å². The van der Waals surface area contributed by atoms with Gasteiger partial charge in [-0.3, -0.25) is 9.59 Å². The number of carbonyl (C=O) groups is 2. The quantitative estimate of drug-likeness (QED) is 0.830. The third-order valence-electron chi connectivity index (χ3n) is 3.22. The van der Waals surface area contributed by atoms with E-state index in [9.17, 15) is 9.59 Å². The van der Waals surface area contributed by atoms with Gasteiger partial charge in [0, 0.05) is 12.1 Å². The number of esters is 1. The molecule has 1 heterocycles. The largest absolute Gasteiger partial charge is 0.456 e. The van der Waals surface area contributed by atoms with Gasteiger partial charge in [-0.25, -0.2) is 0 Å². The maximum Gasteiger partial charge on any atom is 0.306 e. The van der Waals surface area contributed by atoms with Crippen LogP contribution in [0.2, 0.25) is 0 Å². The van der Waals surface area contributed by atoms with Gasteiger partial charge in [0.25, 0.3) is 5.91 Å². The maximum absolute atomic E-state index is 11.8. The molecule has 22 heavy (non-hydrogen) atoms. The molecule has 0 saturated heterocycles. The normalized spacial score (nSPS) is 10.3. The van der Waals surface area contributed by atoms with Crippen LogP contribution in [0.15, 0.2) is 35.0 Å². The van der Waals surface area contributed by atoms with E-state index in [4.69, 9.17) is 4.74 Å². The second kappa shape index (κ2) is 7.75. The molecule has 0 unspecified atom stereocenters. The zero-order valence-electron chi connectivity index (χ0n) is 12.7. The minimum absolute atomic E-state index is 0.254. The maximum atomic E-state index is 11.8. The molecule has 0 saturated carbocycles. The molecule has 0 radical (unpaired) electrons. The standard InChI is InChI=1S/C17H19NO3S/c1-12-3-5-15(13(2)9-12)18-16(19)10-21-17(20)6-4-14-7-8-22-11-14/h3,5,7-9,11H,4,6,10H2,1-2H3,(H,18,19). The second-order valence-corrected chi connectivity index (χ2v) is 5.94. The summed E-state index contributed by atoms with van der Waals surface area (Å²) < 4.78 is 4.99. The number of ether oxygens (including phenoxy) is 1. The van der Waals surface area contributed by atoms with E-state index in [-0.39, 0.29) is 24.9 Å². The van der Waals surface area contributed by atoms with Crippen molar-refractivity contribution in [3.8, 4) is 0 Å². The molecule has 116 valence electrons. The van der Waals surface area contributed by atoms with Crippen LogP contribution in [0.3, 0.4) is 0 Å². The van der Waals surface area contributed by atoms with E-state index in [1.54, 1.807) is 11.3 Å². The van der Waals surface area contributed by atoms with Gasteiger partial charge in [-0.2, -0.15) is 11.3 Å². The Morgan fingerprint density at radius 1 is 1.23 bits per heavy atom. The van der Waals surface area contributed by atoms with Crippen LogP contribution in [-0.2, 0) is 20.7 Å². The first kappa shape index (κ1) is 16.2. The lowest BCUT2D eigenvalue weighted by atomic mass is 10.1. The zero-order chi connectivity index (χ0) is 15.9. The Bertz CT molecular complexity index is 650. The highest BCUT2D eigenvalue weighted by Crippen LogP contribution is 2.15. The van der Waals surface area contributed by atoms with Crippen molar-refractivity contribution in [3.63, 3.8) is 0 Å². The fourth-order valence-corrected chi connectivity index (χ4v) is 2.74. The molecule has 0 bridgehead atoms. The summed E-state index contributed by atoms with van der Waals surface area (Å²) in [6, 6.07) is 7.74. The summed E-state index contributed by atoms with van der Waals surface area (Å²) in [7, 11) is 0. The van der Waals surface area contributed by atoms with Gasteiger partial charge in [0.15, 0.2) is 6.61 Å². The number of thiophene rings is 1. The van der Waals surface area contributed by atoms with Crippen molar-refractivity contribution in [2.24, 2.45) is 0 Å². The van der Waals surface area contributed by atoms with Crippen LogP contribution in [0, 0.1) is 13.8 Å². The Morgan fingerprint density at radius 3 is 2.73 bits per heavy atom. The Morgan fingerprint density at radius 2 is 2.05 bits per heavy atom. The first-order valence-corrected chi connectivity index (χ1v) is 8.02. The Balaban J connectivity index is 1.74. The number of rotatable bonds is 6. The molecule has 0 atom stereocenters. The monoisotopic (exact) mass is 317 g/mol. The van der Waals surface area contributed by atoms with Gasteiger partial charge in [0.05, 0.1) is 0 Å². The molecule has 1 aromatic heterocycles. The minimum Gasteiger partial charge on any atom is -0.456 e. The van der Waals surface area contributed by atoms with Gasteiger partial charge in [-0.05, 0) is 54.3 Å². The van der Waals surface area contributed by atoms with Crippen LogP contribution in [0.1, 0.15) is 23.1 Å². The van der Waals surface area contributed by atoms with Crippen LogP contribution in [-0.4, -0.2) is 18.5 Å². The third kappa shape index (κ3) is 5.00. The summed E-state index contributed by atoms with van der Waals surface area (Å²) in [6.45, 7) is 3.67. The van der Waals surface area contributed by atoms with E-state index in [2.05, 4.69) is 5.32 Å². The molecule has 1 aromatic carbocycles. The summed E-state index contributed by atoms with van der Waals surface area (Å²) in [5, 5.41) is 6.72. The molecular formula is C17H19NO3S. The number of nitrogens with one attached hydrogen (secondary N) is 1. The van der Waals surface area contributed by atoms with E-state index in [0.29, 0.717) is 6.42 Å². The second-order valence-electron chi connectivity index (χ2n) is 5.16. The molecule has 1 amide bonds. The summed E-state index contributed by atoms with van der Waals surface area (Å²) in [5.41, 5.74) is 3.97. The SMILES string of the molecule is Cc1ccc(NC(=O)COC(=O)CCc2ccsc2)c(C)c1. The number of hydrogen-bond acceptors (Lipinski definition) is 4. The fraction of sp³-hybridized carbons (Fsp3) is 0.294. The summed E-state index contributed by atoms with van der Waals surface area (Å²) in [5.74, 6) is -0.683. The van der Waals surface area contributed by atoms with Gasteiger partial charge >= 0.3 is 5.97 Å². The molecule has 0 spiro atoms. The van der Waals surface area contributed by atoms with Crippen molar-refractivity contribution in [3.05, 3.63) is 51.7 Å². The van der Waals surface area contributed by atoms with Crippen molar-refractivity contribution in [2.75, 3.05) is 11.9 Å². The van der Waals surface area contributed by atoms with E-state index in [0.717, 1.165) is 22.4 Å². The lowest BCUT2D eigenvalue weighted by molar-refractivity contribution is -0.147. The predicted octanol–water partition coefficient (Wildman–Crippen LogP) is 3.48. The molecule has 5 heteroatoms. The lowest BCUT2D eigenvalue weighted by Gasteiger charge is -2.09. The van der Waals surface area contributed by atoms with Crippen LogP contribution >= 0.6 is 11.3 Å². The summed E-state index contributed by atoms with van der Waals surface area (Å²) in [6.07, 6.45) is 0.925. The number of amides is 1. The van der Waals surface area contributed by atoms with Gasteiger partial charge in [0.2, 0.25) is 0 Å². The average molecular weight is 317 g/mol. The first-order valence-electron chi connectivity index (χ1n) is 7.08. The zero-order valence-corrected chi connectivity index (χ0v) is 13.5. The van der Waals surface area contributed by atoms with Gasteiger partial charge < -0.3 is 10.1 Å². The highest BCUT2D eigenvalue weighted by Gasteiger charge is 2.09. The van der Waals surface area contributed by atoms with Crippen molar-refractivity contribution < 1.29 is 14.3 Å². The number of anilines is 1. The fourth-order valence-electron chi connectivity index (χ4n) is 2.04. The number of aryl methyl sites for hydroxylation is 3. The molecule has 4 nitrogen and oxygen atoms in total. The van der Waals surface area contributed by atoms with Crippen molar-refractivity contribution in [1.29, 1.82) is 0 Å². The molecule has 2 aromatic rings. The molecule has 0 aliphatic heterocycles. The first-order chi connectivity index (χ1) is 10.5. The smallest absolute Gasteiger partial charge is 0.306 e. The predicted molar refractivity (Wildman–Crippen MR) is 88.1 cm³/mol. The number of hydrogen-bond donors (Lipinski definition) is 1. The molecule has 0 aliphatic carbocycles. The summed E-state index contributed by atoms with van der Waals surface area (Å²) in [4.78, 5) is 23.4. The van der Waals surface area contributed by atoms with Gasteiger partial charge in [-0.15, -0.1) is 0 Å². The highest BCUT2D eigenvalue weighted by atomic mass is 32.1. The highest BCUT2D eigenvalue weighted by molar-refractivity contribution is 7.07. The minimum atomic E-state index is -0.359. The van der Waals surface area contributed by atoms with Crippen molar-refractivity contribution >= 4 is 28.9 Å². The van der Waals surface area contributed by atoms with E-state index >= 15 is 0 Å². The van der Waals surface area contributed by atoms with E-state index in [1.165, 1.54) is 0 Å². The topological polar surface area (TPSA) is 55.4 Å². The van der Waals surface area contributed by atoms with E-state index in [1.807, 2.05) is 48.9 Å². The van der Waals surface area contributed by atoms with Crippen molar-refractivity contribution in [1.82, 2.24) is 0 Å². The van der Waals surface area contributed by atoms with Crippen molar-refractivity contribution in [2.45, 2.75) is 26.7 Å².